The third kappa shape index (κ3) is 8.68. The van der Waals surface area contributed by atoms with Gasteiger partial charge in [0.1, 0.15) is 0 Å². The molecular weight excluding hydrogens is 480 g/mol. The van der Waals surface area contributed by atoms with Crippen molar-refractivity contribution < 1.29 is 55.7 Å². The lowest BCUT2D eigenvalue weighted by molar-refractivity contribution is -0.193. The molecule has 0 radical (unpaired) electrons. The quantitative estimate of drug-likeness (QED) is 0.537. The summed E-state index contributed by atoms with van der Waals surface area (Å²) in [4.78, 5) is 36.4. The first-order valence-electron chi connectivity index (χ1n) is 9.71. The van der Waals surface area contributed by atoms with Gasteiger partial charge in [-0.15, -0.1) is 0 Å². The molecule has 192 valence electrons. The summed E-state index contributed by atoms with van der Waals surface area (Å²) in [6.07, 6.45) is -5.50. The molecule has 15 heteroatoms. The van der Waals surface area contributed by atoms with Crippen molar-refractivity contribution in [2.45, 2.75) is 38.2 Å². The highest BCUT2D eigenvalue weighted by Gasteiger charge is 2.44. The van der Waals surface area contributed by atoms with Crippen LogP contribution in [0.5, 0.6) is 5.88 Å². The molecule has 2 aliphatic heterocycles. The van der Waals surface area contributed by atoms with Crippen molar-refractivity contribution in [2.75, 3.05) is 26.7 Å². The van der Waals surface area contributed by atoms with E-state index in [1.807, 2.05) is 6.07 Å². The summed E-state index contributed by atoms with van der Waals surface area (Å²) < 4.78 is 68.8. The average Bonchev–Trinajstić information content (AvgIpc) is 3.09. The molecule has 1 spiro atoms. The molecule has 0 aliphatic carbocycles. The Balaban J connectivity index is 0.000000343. The molecular formula is C19H23F6N3O6. The van der Waals surface area contributed by atoms with Crippen LogP contribution in [0.1, 0.15) is 24.8 Å². The van der Waals surface area contributed by atoms with Crippen molar-refractivity contribution in [2.24, 2.45) is 5.41 Å². The number of ether oxygens (including phenoxy) is 1. The second-order valence-corrected chi connectivity index (χ2v) is 7.34. The second-order valence-electron chi connectivity index (χ2n) is 7.34. The number of pyridine rings is 1. The van der Waals surface area contributed by atoms with E-state index in [4.69, 9.17) is 24.5 Å². The van der Waals surface area contributed by atoms with Crippen molar-refractivity contribution in [1.29, 1.82) is 0 Å². The Morgan fingerprint density at radius 2 is 1.59 bits per heavy atom. The fourth-order valence-corrected chi connectivity index (χ4v) is 3.30. The minimum Gasteiger partial charge on any atom is -0.481 e. The first-order chi connectivity index (χ1) is 15.6. The van der Waals surface area contributed by atoms with Gasteiger partial charge in [0.05, 0.1) is 12.5 Å². The van der Waals surface area contributed by atoms with Gasteiger partial charge in [-0.1, -0.05) is 6.07 Å². The molecule has 0 aromatic carbocycles. The summed E-state index contributed by atoms with van der Waals surface area (Å²) in [7, 11) is 1.65. The maximum absolute atomic E-state index is 12.0. The van der Waals surface area contributed by atoms with E-state index in [0.29, 0.717) is 5.88 Å². The summed E-state index contributed by atoms with van der Waals surface area (Å²) in [5, 5.41) is 17.2. The molecule has 3 rings (SSSR count). The van der Waals surface area contributed by atoms with Crippen LogP contribution in [0.3, 0.4) is 0 Å². The van der Waals surface area contributed by atoms with E-state index < -0.39 is 24.3 Å². The van der Waals surface area contributed by atoms with Gasteiger partial charge in [0, 0.05) is 24.8 Å². The Hall–Kier alpha value is -3.10. The number of carboxylic acids is 2. The number of rotatable bonds is 3. The van der Waals surface area contributed by atoms with Crippen molar-refractivity contribution in [1.82, 2.24) is 15.2 Å². The fourth-order valence-electron chi connectivity index (χ4n) is 3.30. The number of methoxy groups -OCH3 is 1. The van der Waals surface area contributed by atoms with E-state index in [2.05, 4.69) is 21.3 Å². The molecule has 3 N–H and O–H groups in total. The number of aliphatic carboxylic acids is 2. The average molecular weight is 503 g/mol. The predicted molar refractivity (Wildman–Crippen MR) is 103 cm³/mol. The number of nitrogens with one attached hydrogen (secondary N) is 1. The van der Waals surface area contributed by atoms with Crippen LogP contribution in [0, 0.1) is 5.41 Å². The summed E-state index contributed by atoms with van der Waals surface area (Å²) in [5.41, 5.74) is 1.03. The maximum atomic E-state index is 12.0. The van der Waals surface area contributed by atoms with Gasteiger partial charge in [0.15, 0.2) is 0 Å². The number of nitrogens with zero attached hydrogens (tertiary/aromatic N) is 2. The summed E-state index contributed by atoms with van der Waals surface area (Å²) in [6, 6.07) is 3.99. The SMILES string of the molecule is COc1ncccc1CN1CCC2(CCNC2=O)CC1.O=C(O)C(F)(F)F.O=C(O)C(F)(F)F. The highest BCUT2D eigenvalue weighted by Crippen LogP contribution is 2.38. The van der Waals surface area contributed by atoms with Crippen LogP contribution >= 0.6 is 0 Å². The largest absolute Gasteiger partial charge is 0.490 e. The number of likely N-dealkylation sites (tertiary alicyclic amines) is 1. The maximum Gasteiger partial charge on any atom is 0.490 e. The van der Waals surface area contributed by atoms with Crippen molar-refractivity contribution in [3.05, 3.63) is 23.9 Å². The van der Waals surface area contributed by atoms with Crippen molar-refractivity contribution in [3.8, 4) is 5.88 Å². The summed E-state index contributed by atoms with van der Waals surface area (Å²) in [5.74, 6) is -4.55. The molecule has 0 bridgehead atoms. The first-order valence-corrected chi connectivity index (χ1v) is 9.71. The number of carbonyl (C=O) groups excluding carboxylic acids is 1. The number of hydrogen-bond acceptors (Lipinski definition) is 6. The lowest BCUT2D eigenvalue weighted by Crippen LogP contribution is -2.43. The monoisotopic (exact) mass is 503 g/mol. The van der Waals surface area contributed by atoms with E-state index in [0.717, 1.165) is 51.0 Å². The van der Waals surface area contributed by atoms with E-state index in [1.54, 1.807) is 13.3 Å². The normalized spacial score (nSPS) is 17.6. The number of amides is 1. The lowest BCUT2D eigenvalue weighted by atomic mass is 9.77. The molecule has 1 aromatic rings. The Morgan fingerprint density at radius 1 is 1.09 bits per heavy atom. The van der Waals surface area contributed by atoms with Crippen molar-refractivity contribution in [3.63, 3.8) is 0 Å². The topological polar surface area (TPSA) is 129 Å². The highest BCUT2D eigenvalue weighted by atomic mass is 19.4. The molecule has 0 saturated carbocycles. The minimum absolute atomic E-state index is 0.0878. The van der Waals surface area contributed by atoms with Gasteiger partial charge < -0.3 is 20.3 Å². The Morgan fingerprint density at radius 3 is 1.97 bits per heavy atom. The van der Waals surface area contributed by atoms with Gasteiger partial charge in [0.2, 0.25) is 11.8 Å². The molecule has 2 saturated heterocycles. The van der Waals surface area contributed by atoms with Crippen LogP contribution in [0.4, 0.5) is 26.3 Å². The zero-order chi connectivity index (χ0) is 26.2. The Labute approximate surface area is 189 Å². The molecule has 3 heterocycles. The van der Waals surface area contributed by atoms with Crippen LogP contribution in [-0.2, 0) is 20.9 Å². The first kappa shape index (κ1) is 28.9. The van der Waals surface area contributed by atoms with Crippen molar-refractivity contribution >= 4 is 17.8 Å². The summed E-state index contributed by atoms with van der Waals surface area (Å²) in [6.45, 7) is 3.61. The Kier molecular flexibility index (Phi) is 10.1. The molecule has 0 unspecified atom stereocenters. The van der Waals surface area contributed by atoms with Crippen LogP contribution in [-0.4, -0.2) is 77.0 Å². The molecule has 1 amide bonds. The fraction of sp³-hybridized carbons (Fsp3) is 0.579. The van der Waals surface area contributed by atoms with Crippen LogP contribution in [0.15, 0.2) is 18.3 Å². The van der Waals surface area contributed by atoms with Crippen LogP contribution in [0.2, 0.25) is 0 Å². The number of aromatic nitrogens is 1. The standard InChI is InChI=1S/C15H21N3O2.2C2HF3O2/c1-20-13-12(3-2-7-16-13)11-18-9-5-15(6-10-18)4-8-17-14(15)19;2*3-2(4,5)1(6)7/h2-3,7H,4-6,8-11H2,1H3,(H,17,19);2*(H,6,7). The second kappa shape index (κ2) is 11.9. The highest BCUT2D eigenvalue weighted by molar-refractivity contribution is 5.84. The Bertz CT molecular complexity index is 830. The van der Waals surface area contributed by atoms with E-state index in [9.17, 15) is 31.1 Å². The number of carboxylic acid groups (broad SMARTS) is 2. The van der Waals surface area contributed by atoms with Crippen LogP contribution in [0.25, 0.3) is 0 Å². The third-order valence-corrected chi connectivity index (χ3v) is 5.11. The van der Waals surface area contributed by atoms with Gasteiger partial charge in [-0.3, -0.25) is 9.69 Å². The molecule has 0 atom stereocenters. The third-order valence-electron chi connectivity index (χ3n) is 5.11. The lowest BCUT2D eigenvalue weighted by Gasteiger charge is -2.37. The zero-order valence-corrected chi connectivity index (χ0v) is 17.9. The number of halogens is 6. The van der Waals surface area contributed by atoms with E-state index in [-0.39, 0.29) is 11.3 Å². The minimum atomic E-state index is -5.08. The van der Waals surface area contributed by atoms with Gasteiger partial charge in [-0.05, 0) is 38.4 Å². The predicted octanol–water partition coefficient (Wildman–Crippen LogP) is 2.46. The van der Waals surface area contributed by atoms with Gasteiger partial charge in [-0.25, -0.2) is 14.6 Å². The summed E-state index contributed by atoms with van der Waals surface area (Å²) >= 11 is 0. The molecule has 2 fully saturated rings. The number of piperidine rings is 1. The zero-order valence-electron chi connectivity index (χ0n) is 17.9. The molecule has 2 aliphatic rings. The molecule has 9 nitrogen and oxygen atoms in total. The van der Waals surface area contributed by atoms with E-state index in [1.165, 1.54) is 0 Å². The van der Waals surface area contributed by atoms with E-state index >= 15 is 0 Å². The van der Waals surface area contributed by atoms with Gasteiger partial charge in [-0.2, -0.15) is 26.3 Å². The smallest absolute Gasteiger partial charge is 0.481 e. The number of hydrogen-bond donors (Lipinski definition) is 3. The van der Waals surface area contributed by atoms with Gasteiger partial charge >= 0.3 is 24.3 Å². The molecule has 34 heavy (non-hydrogen) atoms. The number of carbonyl (C=O) groups is 3. The molecule has 1 aromatic heterocycles. The van der Waals surface area contributed by atoms with Gasteiger partial charge in [0.25, 0.3) is 0 Å². The number of alkyl halides is 6. The van der Waals surface area contributed by atoms with Crippen LogP contribution < -0.4 is 10.1 Å².